The molecule has 0 radical (unpaired) electrons. The largest absolute Gasteiger partial charge is 0.484 e. The van der Waals surface area contributed by atoms with E-state index in [4.69, 9.17) is 40.2 Å². The van der Waals surface area contributed by atoms with Crippen molar-refractivity contribution < 1.29 is 19.1 Å². The lowest BCUT2D eigenvalue weighted by Gasteiger charge is -2.16. The zero-order valence-corrected chi connectivity index (χ0v) is 17.0. The monoisotopic (exact) mass is 449 g/mol. The van der Waals surface area contributed by atoms with Crippen LogP contribution in [-0.4, -0.2) is 29.4 Å². The van der Waals surface area contributed by atoms with Gasteiger partial charge < -0.3 is 10.1 Å². The van der Waals surface area contributed by atoms with Gasteiger partial charge in [-0.2, -0.15) is 0 Å². The van der Waals surface area contributed by atoms with Gasteiger partial charge in [0.15, 0.2) is 11.7 Å². The van der Waals surface area contributed by atoms with Gasteiger partial charge in [0.25, 0.3) is 17.7 Å². The molecule has 0 aliphatic carbocycles. The first-order valence-corrected chi connectivity index (χ1v) is 9.34. The molecular weight excluding hydrogens is 437 g/mol. The lowest BCUT2D eigenvalue weighted by molar-refractivity contribution is -0.123. The second-order valence-electron chi connectivity index (χ2n) is 5.86. The minimum Gasteiger partial charge on any atom is -0.484 e. The van der Waals surface area contributed by atoms with Crippen molar-refractivity contribution >= 4 is 70.0 Å². The standard InChI is InChI=1S/C19H13Cl2N3O4S/c20-11-6-12(21)8-13(7-11)22-16(25)9-28-14-3-1-10(2-4-14)5-15-17(26)23-19(29)24-18(15)27/h1-8H,9H2,(H,22,25)(H2,23,24,26,27,29). The van der Waals surface area contributed by atoms with E-state index in [1.54, 1.807) is 42.5 Å². The van der Waals surface area contributed by atoms with E-state index in [0.29, 0.717) is 27.0 Å². The average Bonchev–Trinajstić information content (AvgIpc) is 2.63. The predicted octanol–water partition coefficient (Wildman–Crippen LogP) is 2.93. The van der Waals surface area contributed by atoms with E-state index in [0.717, 1.165) is 0 Å². The topological polar surface area (TPSA) is 96.5 Å². The summed E-state index contributed by atoms with van der Waals surface area (Å²) in [5, 5.41) is 8.12. The third-order valence-electron chi connectivity index (χ3n) is 3.65. The van der Waals surface area contributed by atoms with Crippen molar-refractivity contribution in [1.82, 2.24) is 10.6 Å². The number of thiocarbonyl (C=S) groups is 1. The van der Waals surface area contributed by atoms with Gasteiger partial charge in [-0.15, -0.1) is 0 Å². The SMILES string of the molecule is O=C(COc1ccc(C=C2C(=O)NC(=S)NC2=O)cc1)Nc1cc(Cl)cc(Cl)c1. The Labute approximate surface area is 181 Å². The van der Waals surface area contributed by atoms with Crippen molar-refractivity contribution in [2.24, 2.45) is 0 Å². The molecular formula is C19H13Cl2N3O4S. The van der Waals surface area contributed by atoms with E-state index in [2.05, 4.69) is 16.0 Å². The van der Waals surface area contributed by atoms with Gasteiger partial charge in [0.1, 0.15) is 11.3 Å². The fraction of sp³-hybridized carbons (Fsp3) is 0.0526. The first kappa shape index (κ1) is 20.8. The summed E-state index contributed by atoms with van der Waals surface area (Å²) in [5.41, 5.74) is 0.997. The maximum Gasteiger partial charge on any atom is 0.263 e. The number of rotatable bonds is 5. The molecule has 0 saturated carbocycles. The smallest absolute Gasteiger partial charge is 0.263 e. The molecule has 3 amide bonds. The van der Waals surface area contributed by atoms with Crippen LogP contribution < -0.4 is 20.7 Å². The quantitative estimate of drug-likeness (QED) is 0.370. The number of anilines is 1. The highest BCUT2D eigenvalue weighted by atomic mass is 35.5. The van der Waals surface area contributed by atoms with Crippen LogP contribution in [0.4, 0.5) is 5.69 Å². The van der Waals surface area contributed by atoms with Gasteiger partial charge in [0.05, 0.1) is 0 Å². The molecule has 3 rings (SSSR count). The van der Waals surface area contributed by atoms with Gasteiger partial charge in [-0.05, 0) is 54.2 Å². The number of ether oxygens (including phenoxy) is 1. The third kappa shape index (κ3) is 5.77. The van der Waals surface area contributed by atoms with Crippen LogP contribution in [0.3, 0.4) is 0 Å². The van der Waals surface area contributed by atoms with Crippen LogP contribution in [-0.2, 0) is 14.4 Å². The second kappa shape index (κ2) is 9.04. The number of amides is 3. The molecule has 1 fully saturated rings. The van der Waals surface area contributed by atoms with Crippen molar-refractivity contribution in [3.05, 3.63) is 63.6 Å². The van der Waals surface area contributed by atoms with Crippen molar-refractivity contribution in [3.8, 4) is 5.75 Å². The zero-order valence-electron chi connectivity index (χ0n) is 14.6. The van der Waals surface area contributed by atoms with Crippen molar-refractivity contribution in [3.63, 3.8) is 0 Å². The Hall–Kier alpha value is -2.94. The molecule has 1 aliphatic rings. The van der Waals surface area contributed by atoms with E-state index >= 15 is 0 Å². The number of halogens is 2. The lowest BCUT2D eigenvalue weighted by Crippen LogP contribution is -2.51. The summed E-state index contributed by atoms with van der Waals surface area (Å²) in [5.74, 6) is -1.10. The van der Waals surface area contributed by atoms with Gasteiger partial charge in [-0.25, -0.2) is 0 Å². The maximum atomic E-state index is 12.0. The number of benzene rings is 2. The lowest BCUT2D eigenvalue weighted by atomic mass is 10.1. The average molecular weight is 450 g/mol. The summed E-state index contributed by atoms with van der Waals surface area (Å²) in [6.45, 7) is -0.229. The van der Waals surface area contributed by atoms with Crippen LogP contribution >= 0.6 is 35.4 Å². The molecule has 0 atom stereocenters. The summed E-state index contributed by atoms with van der Waals surface area (Å²) >= 11 is 16.5. The van der Waals surface area contributed by atoms with Crippen LogP contribution in [0.5, 0.6) is 5.75 Å². The highest BCUT2D eigenvalue weighted by molar-refractivity contribution is 7.80. The predicted molar refractivity (Wildman–Crippen MR) is 114 cm³/mol. The van der Waals surface area contributed by atoms with E-state index in [1.807, 2.05) is 0 Å². The summed E-state index contributed by atoms with van der Waals surface area (Å²) in [6, 6.07) is 11.2. The molecule has 29 heavy (non-hydrogen) atoms. The Morgan fingerprint density at radius 1 is 1.03 bits per heavy atom. The van der Waals surface area contributed by atoms with E-state index in [9.17, 15) is 14.4 Å². The summed E-state index contributed by atoms with van der Waals surface area (Å²) in [7, 11) is 0. The molecule has 7 nitrogen and oxygen atoms in total. The Morgan fingerprint density at radius 3 is 2.21 bits per heavy atom. The number of nitrogens with one attached hydrogen (secondary N) is 3. The summed E-state index contributed by atoms with van der Waals surface area (Å²) < 4.78 is 5.43. The number of hydrogen-bond acceptors (Lipinski definition) is 5. The molecule has 0 aromatic heterocycles. The van der Waals surface area contributed by atoms with Crippen LogP contribution in [0, 0.1) is 0 Å². The minimum absolute atomic E-state index is 0.0285. The van der Waals surface area contributed by atoms with Gasteiger partial charge in [-0.1, -0.05) is 35.3 Å². The van der Waals surface area contributed by atoms with Crippen LogP contribution in [0.15, 0.2) is 48.0 Å². The second-order valence-corrected chi connectivity index (χ2v) is 7.14. The van der Waals surface area contributed by atoms with Crippen LogP contribution in [0.2, 0.25) is 10.0 Å². The maximum absolute atomic E-state index is 12.0. The van der Waals surface area contributed by atoms with Crippen molar-refractivity contribution in [2.75, 3.05) is 11.9 Å². The molecule has 3 N–H and O–H groups in total. The molecule has 1 heterocycles. The normalized spacial score (nSPS) is 13.4. The molecule has 2 aromatic rings. The number of hydrogen-bond donors (Lipinski definition) is 3. The fourth-order valence-corrected chi connectivity index (χ4v) is 3.12. The Balaban J connectivity index is 1.58. The molecule has 0 unspecified atom stereocenters. The molecule has 10 heteroatoms. The van der Waals surface area contributed by atoms with E-state index < -0.39 is 11.8 Å². The molecule has 1 aliphatic heterocycles. The van der Waals surface area contributed by atoms with Gasteiger partial charge in [0.2, 0.25) is 0 Å². The Morgan fingerprint density at radius 2 is 1.62 bits per heavy atom. The van der Waals surface area contributed by atoms with Gasteiger partial charge in [0, 0.05) is 15.7 Å². The molecule has 2 aromatic carbocycles. The zero-order chi connectivity index (χ0) is 21.0. The third-order valence-corrected chi connectivity index (χ3v) is 4.29. The first-order chi connectivity index (χ1) is 13.8. The highest BCUT2D eigenvalue weighted by Gasteiger charge is 2.25. The summed E-state index contributed by atoms with van der Waals surface area (Å²) in [6.07, 6.45) is 1.42. The van der Waals surface area contributed by atoms with E-state index in [1.165, 1.54) is 6.08 Å². The summed E-state index contributed by atoms with van der Waals surface area (Å²) in [4.78, 5) is 35.7. The number of carbonyl (C=O) groups is 3. The van der Waals surface area contributed by atoms with E-state index in [-0.39, 0.29) is 23.2 Å². The Bertz CT molecular complexity index is 996. The highest BCUT2D eigenvalue weighted by Crippen LogP contribution is 2.22. The molecule has 0 spiro atoms. The van der Waals surface area contributed by atoms with Gasteiger partial charge in [-0.3, -0.25) is 25.0 Å². The first-order valence-electron chi connectivity index (χ1n) is 8.17. The minimum atomic E-state index is -0.572. The Kier molecular flexibility index (Phi) is 6.48. The van der Waals surface area contributed by atoms with Crippen molar-refractivity contribution in [1.29, 1.82) is 0 Å². The molecule has 148 valence electrons. The van der Waals surface area contributed by atoms with Crippen LogP contribution in [0.1, 0.15) is 5.56 Å². The van der Waals surface area contributed by atoms with Gasteiger partial charge >= 0.3 is 0 Å². The fourth-order valence-electron chi connectivity index (χ4n) is 2.41. The molecule has 1 saturated heterocycles. The van der Waals surface area contributed by atoms with Crippen molar-refractivity contribution in [2.45, 2.75) is 0 Å². The number of carbonyl (C=O) groups excluding carboxylic acids is 3. The molecule has 0 bridgehead atoms. The van der Waals surface area contributed by atoms with Crippen LogP contribution in [0.25, 0.3) is 6.08 Å².